The number of hydrogen-bond acceptors (Lipinski definition) is 4. The lowest BCUT2D eigenvalue weighted by molar-refractivity contribution is 0.102. The highest BCUT2D eigenvalue weighted by atomic mass is 19.1. The van der Waals surface area contributed by atoms with Gasteiger partial charge in [0.1, 0.15) is 11.5 Å². The van der Waals surface area contributed by atoms with Crippen LogP contribution in [0.1, 0.15) is 35.9 Å². The van der Waals surface area contributed by atoms with Gasteiger partial charge in [0.2, 0.25) is 5.95 Å². The first kappa shape index (κ1) is 16.9. The van der Waals surface area contributed by atoms with Crippen molar-refractivity contribution in [1.82, 2.24) is 9.97 Å². The predicted molar refractivity (Wildman–Crippen MR) is 89.3 cm³/mol. The van der Waals surface area contributed by atoms with Crippen molar-refractivity contribution in [3.63, 3.8) is 0 Å². The fourth-order valence-electron chi connectivity index (χ4n) is 2.06. The number of carbonyl (C=O) groups is 1. The van der Waals surface area contributed by atoms with Gasteiger partial charge in [0, 0.05) is 25.0 Å². The number of nitrogens with zero attached hydrogens (tertiary/aromatic N) is 3. The maximum atomic E-state index is 12.9. The summed E-state index contributed by atoms with van der Waals surface area (Å²) in [6, 6.07) is 7.25. The van der Waals surface area contributed by atoms with E-state index in [0.29, 0.717) is 17.3 Å². The fourth-order valence-corrected chi connectivity index (χ4v) is 2.06. The minimum atomic E-state index is -0.347. The highest BCUT2D eigenvalue weighted by molar-refractivity contribution is 6.03. The first-order valence-electron chi connectivity index (χ1n) is 7.63. The molecule has 6 heteroatoms. The van der Waals surface area contributed by atoms with E-state index < -0.39 is 0 Å². The molecule has 0 spiro atoms. The van der Waals surface area contributed by atoms with Crippen molar-refractivity contribution in [3.8, 4) is 0 Å². The molecule has 0 aliphatic rings. The van der Waals surface area contributed by atoms with E-state index in [-0.39, 0.29) is 11.7 Å². The van der Waals surface area contributed by atoms with Gasteiger partial charge in [0.05, 0.1) is 0 Å². The Morgan fingerprint density at radius 1 is 1.26 bits per heavy atom. The van der Waals surface area contributed by atoms with Crippen molar-refractivity contribution >= 4 is 17.5 Å². The fraction of sp³-hybridized carbons (Fsp3) is 0.353. The highest BCUT2D eigenvalue weighted by Gasteiger charge is 2.13. The number of anilines is 2. The Balaban J connectivity index is 2.16. The number of rotatable bonds is 6. The van der Waals surface area contributed by atoms with Crippen LogP contribution in [0.5, 0.6) is 0 Å². The van der Waals surface area contributed by atoms with Gasteiger partial charge in [-0.25, -0.2) is 14.4 Å². The molecular weight excluding hydrogens is 295 g/mol. The van der Waals surface area contributed by atoms with Gasteiger partial charge in [-0.05, 0) is 43.7 Å². The van der Waals surface area contributed by atoms with E-state index in [1.807, 2.05) is 18.9 Å². The molecule has 1 amide bonds. The number of aromatic nitrogens is 2. The van der Waals surface area contributed by atoms with Crippen LogP contribution in [-0.2, 0) is 0 Å². The van der Waals surface area contributed by atoms with Gasteiger partial charge in [-0.1, -0.05) is 13.3 Å². The Hall–Kier alpha value is -2.50. The third-order valence-corrected chi connectivity index (χ3v) is 3.37. The summed E-state index contributed by atoms with van der Waals surface area (Å²) in [5.74, 6) is -0.157. The highest BCUT2D eigenvalue weighted by Crippen LogP contribution is 2.13. The van der Waals surface area contributed by atoms with E-state index in [9.17, 15) is 9.18 Å². The van der Waals surface area contributed by atoms with E-state index in [4.69, 9.17) is 0 Å². The van der Waals surface area contributed by atoms with E-state index in [1.54, 1.807) is 6.07 Å². The first-order chi connectivity index (χ1) is 11.0. The molecule has 0 fully saturated rings. The second-order valence-electron chi connectivity index (χ2n) is 5.43. The quantitative estimate of drug-likeness (QED) is 0.887. The van der Waals surface area contributed by atoms with Gasteiger partial charge in [-0.3, -0.25) is 4.79 Å². The summed E-state index contributed by atoms with van der Waals surface area (Å²) in [4.78, 5) is 23.0. The maximum Gasteiger partial charge on any atom is 0.274 e. The minimum Gasteiger partial charge on any atom is -0.344 e. The van der Waals surface area contributed by atoms with Crippen molar-refractivity contribution in [3.05, 3.63) is 47.5 Å². The molecule has 0 aliphatic carbocycles. The molecule has 0 saturated heterocycles. The number of benzene rings is 1. The van der Waals surface area contributed by atoms with Gasteiger partial charge in [0.15, 0.2) is 0 Å². The van der Waals surface area contributed by atoms with Crippen LogP contribution in [0.3, 0.4) is 0 Å². The number of halogens is 1. The summed E-state index contributed by atoms with van der Waals surface area (Å²) in [5, 5.41) is 2.71. The van der Waals surface area contributed by atoms with Gasteiger partial charge in [0.25, 0.3) is 5.91 Å². The number of unbranched alkanes of at least 4 members (excludes halogenated alkanes) is 1. The first-order valence-corrected chi connectivity index (χ1v) is 7.63. The summed E-state index contributed by atoms with van der Waals surface area (Å²) < 4.78 is 12.9. The smallest absolute Gasteiger partial charge is 0.274 e. The van der Waals surface area contributed by atoms with Gasteiger partial charge < -0.3 is 10.2 Å². The third kappa shape index (κ3) is 4.74. The lowest BCUT2D eigenvalue weighted by Gasteiger charge is -2.17. The Kier molecular flexibility index (Phi) is 5.62. The van der Waals surface area contributed by atoms with Crippen LogP contribution < -0.4 is 10.2 Å². The number of amides is 1. The van der Waals surface area contributed by atoms with Crippen LogP contribution in [0.15, 0.2) is 30.3 Å². The maximum absolute atomic E-state index is 12.9. The normalized spacial score (nSPS) is 10.4. The Labute approximate surface area is 135 Å². The van der Waals surface area contributed by atoms with Crippen LogP contribution in [0.2, 0.25) is 0 Å². The molecule has 2 aromatic rings. The SMILES string of the molecule is CCCCN(C)c1nc(C)cc(C(=O)Nc2ccc(F)cc2)n1. The predicted octanol–water partition coefficient (Wildman–Crippen LogP) is 3.41. The van der Waals surface area contributed by atoms with Crippen molar-refractivity contribution in [2.45, 2.75) is 26.7 Å². The standard InChI is InChI=1S/C17H21FN4O/c1-4-5-10-22(3)17-19-12(2)11-15(21-17)16(23)20-14-8-6-13(18)7-9-14/h6-9,11H,4-5,10H2,1-3H3,(H,20,23). The average molecular weight is 316 g/mol. The van der Waals surface area contributed by atoms with Crippen LogP contribution in [0.4, 0.5) is 16.0 Å². The molecule has 1 heterocycles. The molecular formula is C17H21FN4O. The van der Waals surface area contributed by atoms with Crippen molar-refractivity contribution < 1.29 is 9.18 Å². The van der Waals surface area contributed by atoms with E-state index >= 15 is 0 Å². The van der Waals surface area contributed by atoms with Crippen molar-refractivity contribution in [2.24, 2.45) is 0 Å². The number of nitrogens with one attached hydrogen (secondary N) is 1. The van der Waals surface area contributed by atoms with E-state index in [1.165, 1.54) is 24.3 Å². The molecule has 122 valence electrons. The largest absolute Gasteiger partial charge is 0.344 e. The number of hydrogen-bond donors (Lipinski definition) is 1. The molecule has 0 bridgehead atoms. The molecule has 0 radical (unpaired) electrons. The Morgan fingerprint density at radius 2 is 1.96 bits per heavy atom. The lowest BCUT2D eigenvalue weighted by atomic mass is 10.2. The van der Waals surface area contributed by atoms with Crippen LogP contribution in [0.25, 0.3) is 0 Å². The zero-order valence-electron chi connectivity index (χ0n) is 13.6. The molecule has 5 nitrogen and oxygen atoms in total. The zero-order valence-corrected chi connectivity index (χ0v) is 13.6. The van der Waals surface area contributed by atoms with Gasteiger partial charge >= 0.3 is 0 Å². The van der Waals surface area contributed by atoms with Crippen molar-refractivity contribution in [2.75, 3.05) is 23.8 Å². The third-order valence-electron chi connectivity index (χ3n) is 3.37. The average Bonchev–Trinajstić information content (AvgIpc) is 2.54. The van der Waals surface area contributed by atoms with Crippen LogP contribution in [-0.4, -0.2) is 29.5 Å². The van der Waals surface area contributed by atoms with Crippen LogP contribution >= 0.6 is 0 Å². The molecule has 23 heavy (non-hydrogen) atoms. The van der Waals surface area contributed by atoms with E-state index in [0.717, 1.165) is 25.1 Å². The van der Waals surface area contributed by atoms with Crippen molar-refractivity contribution in [1.29, 1.82) is 0 Å². The monoisotopic (exact) mass is 316 g/mol. The summed E-state index contributed by atoms with van der Waals surface area (Å²) in [5.41, 5.74) is 1.54. The second kappa shape index (κ2) is 7.67. The number of carbonyl (C=O) groups excluding carboxylic acids is 1. The van der Waals surface area contributed by atoms with Crippen LogP contribution in [0, 0.1) is 12.7 Å². The summed E-state index contributed by atoms with van der Waals surface area (Å²) in [6.07, 6.45) is 2.11. The summed E-state index contributed by atoms with van der Waals surface area (Å²) in [7, 11) is 1.91. The molecule has 1 N–H and O–H groups in total. The zero-order chi connectivity index (χ0) is 16.8. The molecule has 0 aliphatic heterocycles. The lowest BCUT2D eigenvalue weighted by Crippen LogP contribution is -2.23. The van der Waals surface area contributed by atoms with E-state index in [2.05, 4.69) is 22.2 Å². The molecule has 1 aromatic carbocycles. The Morgan fingerprint density at radius 3 is 2.61 bits per heavy atom. The molecule has 0 atom stereocenters. The van der Waals surface area contributed by atoms with Gasteiger partial charge in [-0.15, -0.1) is 0 Å². The summed E-state index contributed by atoms with van der Waals surface area (Å²) in [6.45, 7) is 4.78. The molecule has 2 rings (SSSR count). The molecule has 1 aromatic heterocycles. The molecule has 0 unspecified atom stereocenters. The summed E-state index contributed by atoms with van der Waals surface area (Å²) >= 11 is 0. The minimum absolute atomic E-state index is 0.292. The Bertz CT molecular complexity index is 673. The number of aryl methyl sites for hydroxylation is 1. The topological polar surface area (TPSA) is 58.1 Å². The molecule has 0 saturated carbocycles. The second-order valence-corrected chi connectivity index (χ2v) is 5.43. The van der Waals surface area contributed by atoms with Gasteiger partial charge in [-0.2, -0.15) is 0 Å².